The Labute approximate surface area is 782 Å². The molecule has 6 heterocycles. The SMILES string of the molecule is CCCC[C@H]1C(=O)N(C)[C@@H](CCCC)C(=O)N[C@@H](CCN)C(=O)N[C@H](C(=O)NCC(N)=O)CSCC(=O)N[C@@H](Cc2ccc(O)cc2)C(=O)N(C)[C@@H](C)C(=O)N[C@@H](CC(N)=O)C(=O)N2CCC[C@H]2C(=O)N[C@@H](Cc2cnc[nH]2)C(=O)N[C@@H](CCC(N)=O)C(=O)N2C[C@H](O)C[C@H]2C(=O)C[C@@H](Cc2csc3ccccc23)C(=O)N[C@@H](CCN)C(=O)N[C@@H](Cc2c[nH]c3ccccc23)C(=O)N1C. The Balaban J connectivity index is 1.10. The lowest BCUT2D eigenvalue weighted by Gasteiger charge is -2.36. The molecule has 15 atom stereocenters. The van der Waals surface area contributed by atoms with Crippen LogP contribution in [-0.2, 0) is 112 Å². The second-order valence-corrected chi connectivity index (χ2v) is 36.0. The summed E-state index contributed by atoms with van der Waals surface area (Å²) in [4.78, 5) is 278. The molecule has 726 valence electrons. The third-order valence-corrected chi connectivity index (χ3v) is 26.3. The van der Waals surface area contributed by atoms with E-state index in [9.17, 15) is 58.2 Å². The zero-order chi connectivity index (χ0) is 97.7. The number of aliphatic hydroxyl groups excluding tert-OH is 1. The molecule has 0 saturated carbocycles. The number of primary amides is 3. The lowest BCUT2D eigenvalue weighted by atomic mass is 9.90. The first-order chi connectivity index (χ1) is 63.9. The molecule has 134 heavy (non-hydrogen) atoms. The fraction of sp³-hybridized carbons (Fsp3) is 0.522. The summed E-state index contributed by atoms with van der Waals surface area (Å²) in [6.07, 6.45) is 0.357. The molecule has 6 aromatic rings. The van der Waals surface area contributed by atoms with Gasteiger partial charge < -0.3 is 121 Å². The van der Waals surface area contributed by atoms with Gasteiger partial charge in [0.1, 0.15) is 78.3 Å². The van der Waals surface area contributed by atoms with E-state index < -0.39 is 247 Å². The van der Waals surface area contributed by atoms with Crippen molar-refractivity contribution in [3.05, 3.63) is 119 Å². The number of carbonyl (C=O) groups excluding carboxylic acids is 18. The van der Waals surface area contributed by atoms with Crippen LogP contribution in [-0.4, -0.2) is 306 Å². The van der Waals surface area contributed by atoms with Crippen LogP contribution in [0.25, 0.3) is 21.0 Å². The number of fused-ring (bicyclic) bond motifs is 4. The van der Waals surface area contributed by atoms with Crippen LogP contribution in [0.5, 0.6) is 5.75 Å². The van der Waals surface area contributed by atoms with Gasteiger partial charge in [-0.05, 0) is 123 Å². The first kappa shape index (κ1) is 105. The zero-order valence-electron chi connectivity index (χ0n) is 75.9. The van der Waals surface area contributed by atoms with Crippen molar-refractivity contribution >= 4 is 150 Å². The third-order valence-electron chi connectivity index (χ3n) is 24.2. The van der Waals surface area contributed by atoms with Crippen molar-refractivity contribution in [1.82, 2.24) is 87.3 Å². The van der Waals surface area contributed by atoms with Crippen molar-refractivity contribution in [1.29, 1.82) is 0 Å². The van der Waals surface area contributed by atoms with E-state index in [1.807, 2.05) is 32.0 Å². The molecule has 3 saturated heterocycles. The van der Waals surface area contributed by atoms with E-state index in [0.29, 0.717) is 53.3 Å². The summed E-state index contributed by atoms with van der Waals surface area (Å²) < 4.78 is 0.823. The monoisotopic (exact) mass is 1900 g/mol. The second kappa shape index (κ2) is 50.2. The van der Waals surface area contributed by atoms with Gasteiger partial charge in [-0.1, -0.05) is 88.1 Å². The number of aromatic hydroxyl groups is 1. The molecule has 17 amide bonds. The number of benzene rings is 3. The highest BCUT2D eigenvalue weighted by atomic mass is 32.2. The van der Waals surface area contributed by atoms with Crippen molar-refractivity contribution in [3.63, 3.8) is 0 Å². The second-order valence-electron chi connectivity index (χ2n) is 34.0. The van der Waals surface area contributed by atoms with Gasteiger partial charge in [0.05, 0.1) is 37.2 Å². The average molecular weight is 1900 g/mol. The highest BCUT2D eigenvalue weighted by Gasteiger charge is 2.47. The highest BCUT2D eigenvalue weighted by Crippen LogP contribution is 2.32. The number of aliphatic hydroxyl groups is 1. The maximum absolute atomic E-state index is 15.8. The number of aromatic nitrogens is 3. The number of likely N-dealkylation sites (N-methyl/N-ethyl adjacent to an activating group) is 3. The molecule has 42 nitrogen and oxygen atoms in total. The van der Waals surface area contributed by atoms with E-state index in [0.717, 1.165) is 36.5 Å². The van der Waals surface area contributed by atoms with Gasteiger partial charge in [0, 0.05) is 118 Å². The Kier molecular flexibility index (Phi) is 39.3. The molecule has 0 spiro atoms. The number of amides is 17. The Bertz CT molecular complexity index is 5190. The van der Waals surface area contributed by atoms with E-state index in [1.165, 1.54) is 86.0 Å². The topological polar surface area (TPSA) is 647 Å². The quantitative estimate of drug-likeness (QED) is 0.0268. The number of phenolic OH excluding ortho intramolecular Hbond substituents is 1. The third kappa shape index (κ3) is 28.8. The summed E-state index contributed by atoms with van der Waals surface area (Å²) in [5.74, 6) is -19.0. The number of carbonyl (C=O) groups is 18. The van der Waals surface area contributed by atoms with E-state index in [2.05, 4.69) is 62.8 Å². The highest BCUT2D eigenvalue weighted by molar-refractivity contribution is 8.00. The van der Waals surface area contributed by atoms with Gasteiger partial charge in [0.2, 0.25) is 100 Å². The number of nitrogens with one attached hydrogen (secondary N) is 11. The Hall–Kier alpha value is -12.9. The standard InChI is InChI=1S/C90H124N22O20S2/c1-7-9-19-68-84(126)102-61(30-32-92)82(124)107-67(80(122)98-43-76(95)118)46-133-47-77(119)100-64(34-50-23-25-55(113)26-24-50)86(128)108(4)49(3)78(120)105-66(40-75(94)117)89(131)111-33-15-21-69(111)85(127)104-63(38-54-42-96-48-99-54)83(125)103-62(27-28-74(93)116)88(130)112-44-56(114)39-71(112)72(115)37-51(35-53-45-134-73-22-14-12-17-58(53)73)79(121)101-60(29-31-91)81(123)106-65(36-52-41-97-59-18-13-11-16-57(52)59)87(129)110(6)70(20-10-8-2)90(132)109(68)5/h11-14,16-18,22-26,41-42,45,48-49,51,56,60-71,97,113-114H,7-10,15,19-21,27-40,43-44,46-47,91-92H2,1-6H3,(H2,93,116)(H2,94,117)(H2,95,118)(H,96,99)(H,98,122)(H,100,119)(H,101,121)(H,102,126)(H,103,125)(H,104,127)(H,105,120)(H,106,123)(H,107,124)/t49-,51+,56+,60-,61-,62-,63-,64-,65-,66-,67-,68-,69-,70-,71-/m0/s1. The lowest BCUT2D eigenvalue weighted by Crippen LogP contribution is -2.60. The van der Waals surface area contributed by atoms with Crippen molar-refractivity contribution in [2.45, 2.75) is 227 Å². The van der Waals surface area contributed by atoms with Crippen molar-refractivity contribution in [3.8, 4) is 5.75 Å². The number of aromatic amines is 2. The molecule has 23 N–H and O–H groups in total. The number of thioether (sulfide) groups is 1. The number of rotatable bonds is 26. The summed E-state index contributed by atoms with van der Waals surface area (Å²) in [6, 6.07) is -0.0111. The van der Waals surface area contributed by atoms with E-state index in [4.69, 9.17) is 28.7 Å². The number of thiophene rings is 1. The normalized spacial score (nSPS) is 24.9. The van der Waals surface area contributed by atoms with Crippen molar-refractivity contribution < 1.29 is 96.5 Å². The fourth-order valence-electron chi connectivity index (χ4n) is 16.7. The summed E-state index contributed by atoms with van der Waals surface area (Å²) in [7, 11) is 3.95. The molecule has 0 aliphatic carbocycles. The van der Waals surface area contributed by atoms with Gasteiger partial charge in [-0.2, -0.15) is 0 Å². The van der Waals surface area contributed by atoms with E-state index in [1.54, 1.807) is 41.9 Å². The lowest BCUT2D eigenvalue weighted by molar-refractivity contribution is -0.149. The average Bonchev–Trinajstić information content (AvgIpc) is 1.13. The minimum atomic E-state index is -1.80. The predicted molar refractivity (Wildman–Crippen MR) is 495 cm³/mol. The van der Waals surface area contributed by atoms with Crippen LogP contribution in [0, 0.1) is 5.92 Å². The molecule has 3 aliphatic rings. The Morgan fingerprint density at radius 3 is 1.81 bits per heavy atom. The van der Waals surface area contributed by atoms with Crippen LogP contribution in [0.3, 0.4) is 0 Å². The molecular weight excluding hydrogens is 1770 g/mol. The molecule has 3 aromatic heterocycles. The molecule has 3 aromatic carbocycles. The van der Waals surface area contributed by atoms with Gasteiger partial charge in [-0.15, -0.1) is 23.1 Å². The van der Waals surface area contributed by atoms with Crippen LogP contribution < -0.4 is 76.5 Å². The largest absolute Gasteiger partial charge is 0.508 e. The Morgan fingerprint density at radius 1 is 0.552 bits per heavy atom. The Morgan fingerprint density at radius 2 is 1.15 bits per heavy atom. The number of unbranched alkanes of at least 4 members (excludes halogenated alkanes) is 2. The van der Waals surface area contributed by atoms with Gasteiger partial charge in [0.15, 0.2) is 5.78 Å². The molecule has 3 aliphatic heterocycles. The van der Waals surface area contributed by atoms with Crippen molar-refractivity contribution in [2.75, 3.05) is 65.4 Å². The van der Waals surface area contributed by atoms with Crippen LogP contribution in [0.15, 0.2) is 96.9 Å². The molecule has 0 bridgehead atoms. The first-order valence-electron chi connectivity index (χ1n) is 44.8. The number of nitrogens with two attached hydrogens (primary N) is 5. The molecular formula is C90H124N22O20S2. The summed E-state index contributed by atoms with van der Waals surface area (Å²) in [5, 5.41) is 48.7. The summed E-state index contributed by atoms with van der Waals surface area (Å²) in [6.45, 7) is 3.15. The predicted octanol–water partition coefficient (Wildman–Crippen LogP) is -2.44. The number of imidazole rings is 1. The fourth-order valence-corrected chi connectivity index (χ4v) is 18.5. The number of hydrogen-bond acceptors (Lipinski definition) is 25. The minimum absolute atomic E-state index is 0.0101. The van der Waals surface area contributed by atoms with Crippen LogP contribution in [0.4, 0.5) is 0 Å². The zero-order valence-corrected chi connectivity index (χ0v) is 77.5. The molecule has 3 fully saturated rings. The smallest absolute Gasteiger partial charge is 0.246 e. The number of ketones is 1. The van der Waals surface area contributed by atoms with Crippen molar-refractivity contribution in [2.24, 2.45) is 34.6 Å². The maximum atomic E-state index is 15.8. The number of hydrogen-bond donors (Lipinski definition) is 18. The summed E-state index contributed by atoms with van der Waals surface area (Å²) in [5.41, 5.74) is 31.7. The minimum Gasteiger partial charge on any atom is -0.508 e. The van der Waals surface area contributed by atoms with Crippen LogP contribution in [0.2, 0.25) is 0 Å². The molecule has 44 heteroatoms. The molecule has 0 radical (unpaired) electrons. The molecule has 0 unspecified atom stereocenters. The number of H-pyrrole nitrogens is 2. The number of para-hydroxylation sites is 1. The maximum Gasteiger partial charge on any atom is 0.246 e. The van der Waals surface area contributed by atoms with E-state index in [-0.39, 0.29) is 102 Å². The van der Waals surface area contributed by atoms with Gasteiger partial charge >= 0.3 is 0 Å². The number of nitrogens with zero attached hydrogens (tertiary/aromatic N) is 6. The van der Waals surface area contributed by atoms with E-state index >= 15 is 38.4 Å². The molecule has 9 rings (SSSR count). The van der Waals surface area contributed by atoms with Gasteiger partial charge in [0.25, 0.3) is 0 Å². The van der Waals surface area contributed by atoms with Crippen LogP contribution in [0.1, 0.15) is 139 Å². The number of phenols is 1. The van der Waals surface area contributed by atoms with Crippen LogP contribution >= 0.6 is 23.1 Å². The van der Waals surface area contributed by atoms with Gasteiger partial charge in [-0.3, -0.25) is 86.3 Å². The van der Waals surface area contributed by atoms with Gasteiger partial charge in [-0.25, -0.2) is 4.98 Å². The number of Topliss-reactive ketones (excluding diaryl/α,β-unsaturated/α-hetero) is 1. The first-order valence-corrected chi connectivity index (χ1v) is 46.9. The summed E-state index contributed by atoms with van der Waals surface area (Å²) >= 11 is 2.13.